The van der Waals surface area contributed by atoms with Gasteiger partial charge >= 0.3 is 0 Å². The van der Waals surface area contributed by atoms with E-state index in [1.807, 2.05) is 0 Å². The molecule has 90 valence electrons. The van der Waals surface area contributed by atoms with E-state index in [0.717, 1.165) is 17.8 Å². The van der Waals surface area contributed by atoms with Crippen LogP contribution in [0.5, 0.6) is 0 Å². The number of nitrogen functional groups attached to an aromatic ring is 1. The SMILES string of the molecule is CS(=O)(=O)N1CCC(c2nnc(N)s2)CC1. The van der Waals surface area contributed by atoms with Crippen molar-refractivity contribution in [2.75, 3.05) is 25.1 Å². The Balaban J connectivity index is 2.00. The Labute approximate surface area is 98.5 Å². The van der Waals surface area contributed by atoms with Gasteiger partial charge in [0.2, 0.25) is 15.2 Å². The predicted octanol–water partition coefficient (Wildman–Crippen LogP) is 0.259. The van der Waals surface area contributed by atoms with Crippen LogP contribution in [0.4, 0.5) is 5.13 Å². The number of nitrogens with zero attached hydrogens (tertiary/aromatic N) is 3. The lowest BCUT2D eigenvalue weighted by atomic mass is 9.99. The van der Waals surface area contributed by atoms with Gasteiger partial charge in [-0.25, -0.2) is 12.7 Å². The summed E-state index contributed by atoms with van der Waals surface area (Å²) in [5.74, 6) is 0.299. The molecule has 0 aliphatic carbocycles. The minimum absolute atomic E-state index is 0.299. The van der Waals surface area contributed by atoms with Crippen LogP contribution in [0.25, 0.3) is 0 Å². The van der Waals surface area contributed by atoms with Crippen molar-refractivity contribution in [3.05, 3.63) is 5.01 Å². The highest BCUT2D eigenvalue weighted by Gasteiger charge is 2.27. The fraction of sp³-hybridized carbons (Fsp3) is 0.750. The molecule has 2 heterocycles. The van der Waals surface area contributed by atoms with Gasteiger partial charge < -0.3 is 5.73 Å². The molecule has 1 aliphatic heterocycles. The molecular weight excluding hydrogens is 248 g/mol. The number of sulfonamides is 1. The van der Waals surface area contributed by atoms with Gasteiger partial charge in [-0.1, -0.05) is 11.3 Å². The summed E-state index contributed by atoms with van der Waals surface area (Å²) in [7, 11) is -3.05. The molecule has 1 fully saturated rings. The average Bonchev–Trinajstić information content (AvgIpc) is 2.64. The Kier molecular flexibility index (Phi) is 3.13. The van der Waals surface area contributed by atoms with Crippen LogP contribution < -0.4 is 5.73 Å². The van der Waals surface area contributed by atoms with Crippen LogP contribution >= 0.6 is 11.3 Å². The Bertz CT molecular complexity index is 462. The van der Waals surface area contributed by atoms with Crippen molar-refractivity contribution in [1.29, 1.82) is 0 Å². The lowest BCUT2D eigenvalue weighted by Gasteiger charge is -2.28. The lowest BCUT2D eigenvalue weighted by molar-refractivity contribution is 0.320. The summed E-state index contributed by atoms with van der Waals surface area (Å²) in [5.41, 5.74) is 5.52. The summed E-state index contributed by atoms with van der Waals surface area (Å²) >= 11 is 1.39. The fourth-order valence-corrected chi connectivity index (χ4v) is 3.50. The normalized spacial score (nSPS) is 20.1. The maximum absolute atomic E-state index is 11.3. The molecule has 0 atom stereocenters. The Hall–Kier alpha value is -0.730. The minimum atomic E-state index is -3.05. The quantitative estimate of drug-likeness (QED) is 0.825. The van der Waals surface area contributed by atoms with E-state index in [9.17, 15) is 8.42 Å². The van der Waals surface area contributed by atoms with Crippen LogP contribution in [-0.4, -0.2) is 42.3 Å². The monoisotopic (exact) mass is 262 g/mol. The Morgan fingerprint density at radius 1 is 1.38 bits per heavy atom. The molecule has 0 amide bonds. The highest BCUT2D eigenvalue weighted by atomic mass is 32.2. The molecule has 2 rings (SSSR count). The van der Waals surface area contributed by atoms with Gasteiger partial charge in [-0.05, 0) is 12.8 Å². The van der Waals surface area contributed by atoms with Crippen molar-refractivity contribution < 1.29 is 8.42 Å². The van der Waals surface area contributed by atoms with E-state index in [4.69, 9.17) is 5.73 Å². The highest BCUT2D eigenvalue weighted by molar-refractivity contribution is 7.88. The number of rotatable bonds is 2. The second-order valence-corrected chi connectivity index (χ2v) is 6.94. The molecule has 16 heavy (non-hydrogen) atoms. The molecule has 0 radical (unpaired) electrons. The van der Waals surface area contributed by atoms with Crippen LogP contribution in [0.1, 0.15) is 23.8 Å². The maximum atomic E-state index is 11.3. The molecule has 8 heteroatoms. The number of nitrogens with two attached hydrogens (primary N) is 1. The van der Waals surface area contributed by atoms with E-state index < -0.39 is 10.0 Å². The molecule has 2 N–H and O–H groups in total. The van der Waals surface area contributed by atoms with Gasteiger partial charge in [0.15, 0.2) is 0 Å². The standard InChI is InChI=1S/C8H14N4O2S2/c1-16(13,14)12-4-2-6(3-5-12)7-10-11-8(9)15-7/h6H,2-5H2,1H3,(H2,9,11). The number of anilines is 1. The zero-order chi connectivity index (χ0) is 11.8. The third-order valence-electron chi connectivity index (χ3n) is 2.73. The summed E-state index contributed by atoms with van der Waals surface area (Å²) in [4.78, 5) is 0. The first kappa shape index (κ1) is 11.7. The van der Waals surface area contributed by atoms with E-state index in [2.05, 4.69) is 10.2 Å². The molecule has 1 saturated heterocycles. The van der Waals surface area contributed by atoms with Crippen molar-refractivity contribution in [2.24, 2.45) is 0 Å². The van der Waals surface area contributed by atoms with Crippen molar-refractivity contribution in [1.82, 2.24) is 14.5 Å². The molecule has 0 saturated carbocycles. The van der Waals surface area contributed by atoms with Crippen molar-refractivity contribution in [3.8, 4) is 0 Å². The Morgan fingerprint density at radius 3 is 2.44 bits per heavy atom. The zero-order valence-corrected chi connectivity index (χ0v) is 10.6. The third kappa shape index (κ3) is 2.50. The van der Waals surface area contributed by atoms with Gasteiger partial charge in [-0.15, -0.1) is 10.2 Å². The smallest absolute Gasteiger partial charge is 0.211 e. The van der Waals surface area contributed by atoms with E-state index in [1.165, 1.54) is 21.9 Å². The average molecular weight is 262 g/mol. The van der Waals surface area contributed by atoms with Crippen LogP contribution in [0, 0.1) is 0 Å². The predicted molar refractivity (Wildman–Crippen MR) is 62.7 cm³/mol. The molecule has 0 unspecified atom stereocenters. The van der Waals surface area contributed by atoms with Crippen LogP contribution in [0.15, 0.2) is 0 Å². The summed E-state index contributed by atoms with van der Waals surface area (Å²) < 4.78 is 24.1. The third-order valence-corrected chi connectivity index (χ3v) is 4.95. The molecule has 0 spiro atoms. The van der Waals surface area contributed by atoms with Gasteiger partial charge in [0, 0.05) is 19.0 Å². The fourth-order valence-electron chi connectivity index (χ4n) is 1.85. The second-order valence-electron chi connectivity index (χ2n) is 3.91. The first-order valence-electron chi connectivity index (χ1n) is 5.01. The van der Waals surface area contributed by atoms with E-state index >= 15 is 0 Å². The van der Waals surface area contributed by atoms with Crippen molar-refractivity contribution in [3.63, 3.8) is 0 Å². The summed E-state index contributed by atoms with van der Waals surface area (Å²) in [5, 5.41) is 9.17. The summed E-state index contributed by atoms with van der Waals surface area (Å²) in [6, 6.07) is 0. The number of hydrogen-bond acceptors (Lipinski definition) is 6. The molecule has 0 aromatic carbocycles. The summed E-state index contributed by atoms with van der Waals surface area (Å²) in [6.45, 7) is 1.12. The van der Waals surface area contributed by atoms with Gasteiger partial charge in [0.1, 0.15) is 5.01 Å². The first-order valence-corrected chi connectivity index (χ1v) is 7.67. The number of aromatic nitrogens is 2. The molecule has 1 aliphatic rings. The lowest BCUT2D eigenvalue weighted by Crippen LogP contribution is -2.37. The van der Waals surface area contributed by atoms with E-state index in [0.29, 0.717) is 24.1 Å². The topological polar surface area (TPSA) is 89.2 Å². The highest BCUT2D eigenvalue weighted by Crippen LogP contribution is 2.31. The molecule has 1 aromatic heterocycles. The largest absolute Gasteiger partial charge is 0.374 e. The van der Waals surface area contributed by atoms with Crippen LogP contribution in [0.3, 0.4) is 0 Å². The summed E-state index contributed by atoms with van der Waals surface area (Å²) in [6.07, 6.45) is 2.83. The second kappa shape index (κ2) is 4.27. The van der Waals surface area contributed by atoms with E-state index in [1.54, 1.807) is 0 Å². The van der Waals surface area contributed by atoms with Gasteiger partial charge in [-0.3, -0.25) is 0 Å². The van der Waals surface area contributed by atoms with Crippen molar-refractivity contribution >= 4 is 26.5 Å². The molecular formula is C8H14N4O2S2. The molecule has 1 aromatic rings. The van der Waals surface area contributed by atoms with Gasteiger partial charge in [-0.2, -0.15) is 0 Å². The zero-order valence-electron chi connectivity index (χ0n) is 8.96. The number of hydrogen-bond donors (Lipinski definition) is 1. The van der Waals surface area contributed by atoms with Crippen LogP contribution in [0.2, 0.25) is 0 Å². The number of piperidine rings is 1. The van der Waals surface area contributed by atoms with Gasteiger partial charge in [0.25, 0.3) is 0 Å². The first-order chi connectivity index (χ1) is 7.47. The Morgan fingerprint density at radius 2 is 2.00 bits per heavy atom. The van der Waals surface area contributed by atoms with E-state index in [-0.39, 0.29) is 0 Å². The molecule has 6 nitrogen and oxygen atoms in total. The van der Waals surface area contributed by atoms with Gasteiger partial charge in [0.05, 0.1) is 6.26 Å². The maximum Gasteiger partial charge on any atom is 0.211 e. The minimum Gasteiger partial charge on any atom is -0.374 e. The molecule has 0 bridgehead atoms. The van der Waals surface area contributed by atoms with Crippen LogP contribution in [-0.2, 0) is 10.0 Å². The van der Waals surface area contributed by atoms with Crippen molar-refractivity contribution in [2.45, 2.75) is 18.8 Å².